The number of benzene rings is 2. The van der Waals surface area contributed by atoms with Crippen LogP contribution < -0.4 is 14.4 Å². The second kappa shape index (κ2) is 10.1. The van der Waals surface area contributed by atoms with Gasteiger partial charge in [-0.25, -0.2) is 0 Å². The van der Waals surface area contributed by atoms with E-state index in [-0.39, 0.29) is 23.3 Å². The summed E-state index contributed by atoms with van der Waals surface area (Å²) in [6, 6.07) is 11.1. The Morgan fingerprint density at radius 1 is 1.09 bits per heavy atom. The number of hydrogen-bond donors (Lipinski definition) is 0. The van der Waals surface area contributed by atoms with E-state index in [1.54, 1.807) is 25.3 Å². The average molecular weight is 519 g/mol. The van der Waals surface area contributed by atoms with Gasteiger partial charge in [0.25, 0.3) is 5.91 Å². The van der Waals surface area contributed by atoms with Gasteiger partial charge in [-0.3, -0.25) is 14.5 Å². The van der Waals surface area contributed by atoms with Crippen LogP contribution in [0, 0.1) is 0 Å². The number of hydrogen-bond acceptors (Lipinski definition) is 6. The Labute approximate surface area is 200 Å². The van der Waals surface area contributed by atoms with Gasteiger partial charge in [0.15, 0.2) is 16.6 Å². The van der Waals surface area contributed by atoms with Gasteiger partial charge in [0.05, 0.1) is 27.0 Å². The summed E-state index contributed by atoms with van der Waals surface area (Å²) in [5.74, 6) is 0.186. The minimum Gasteiger partial charge on any atom is -0.493 e. The fraction of sp³-hybridized carbons (Fsp3) is 0.261. The lowest BCUT2D eigenvalue weighted by Crippen LogP contribution is -2.35. The molecule has 0 N–H and O–H groups in total. The van der Waals surface area contributed by atoms with E-state index < -0.39 is 5.97 Å². The van der Waals surface area contributed by atoms with Crippen LogP contribution in [0.2, 0.25) is 0 Å². The topological polar surface area (TPSA) is 68.3 Å². The van der Waals surface area contributed by atoms with Gasteiger partial charge in [0.1, 0.15) is 12.2 Å². The number of carbonyl (C=O) groups is 2. The summed E-state index contributed by atoms with van der Waals surface area (Å²) in [5.41, 5.74) is 2.67. The van der Waals surface area contributed by atoms with Crippen LogP contribution in [0.25, 0.3) is 6.08 Å². The number of ether oxygens (including phenoxy) is 3. The summed E-state index contributed by atoms with van der Waals surface area (Å²) < 4.78 is 16.2. The standard InChI is InChI=1S/C23H23BrN2O5S/c1-5-14-6-8-16(9-7-14)26-22(28)18(25(23(26)32)13-21(27)31-4)10-15-11-19(29-2)20(30-3)12-17(15)24/h6-12H,5,13H2,1-4H3/b18-10-. The third kappa shape index (κ3) is 4.63. The molecule has 2 aromatic carbocycles. The fourth-order valence-electron chi connectivity index (χ4n) is 3.26. The van der Waals surface area contributed by atoms with Gasteiger partial charge in [-0.05, 0) is 60.1 Å². The van der Waals surface area contributed by atoms with E-state index in [4.69, 9.17) is 26.4 Å². The first-order valence-corrected chi connectivity index (χ1v) is 11.0. The Morgan fingerprint density at radius 2 is 1.72 bits per heavy atom. The van der Waals surface area contributed by atoms with Crippen LogP contribution in [0.1, 0.15) is 18.1 Å². The Bertz CT molecular complexity index is 1080. The maximum Gasteiger partial charge on any atom is 0.325 e. The van der Waals surface area contributed by atoms with Crippen molar-refractivity contribution in [3.8, 4) is 11.5 Å². The van der Waals surface area contributed by atoms with Crippen LogP contribution >= 0.6 is 28.1 Å². The molecule has 168 valence electrons. The number of anilines is 1. The molecule has 1 saturated heterocycles. The largest absolute Gasteiger partial charge is 0.493 e. The lowest BCUT2D eigenvalue weighted by atomic mass is 10.1. The number of amides is 1. The maximum atomic E-state index is 13.4. The molecule has 1 aliphatic rings. The van der Waals surface area contributed by atoms with Gasteiger partial charge in [-0.15, -0.1) is 0 Å². The minimum atomic E-state index is -0.513. The Kier molecular flexibility index (Phi) is 7.52. The first-order valence-electron chi connectivity index (χ1n) is 9.79. The molecule has 9 heteroatoms. The molecule has 1 amide bonds. The number of nitrogens with zero attached hydrogens (tertiary/aromatic N) is 2. The number of carbonyl (C=O) groups excluding carboxylic acids is 2. The van der Waals surface area contributed by atoms with Crippen molar-refractivity contribution in [2.45, 2.75) is 13.3 Å². The van der Waals surface area contributed by atoms with E-state index in [0.717, 1.165) is 12.0 Å². The van der Waals surface area contributed by atoms with Crippen molar-refractivity contribution in [2.75, 3.05) is 32.8 Å². The summed E-state index contributed by atoms with van der Waals surface area (Å²) in [7, 11) is 4.36. The van der Waals surface area contributed by atoms with Crippen molar-refractivity contribution in [1.82, 2.24) is 4.90 Å². The molecule has 0 aliphatic carbocycles. The van der Waals surface area contributed by atoms with Crippen LogP contribution in [0.5, 0.6) is 11.5 Å². The fourth-order valence-corrected chi connectivity index (χ4v) is 4.05. The molecule has 7 nitrogen and oxygen atoms in total. The van der Waals surface area contributed by atoms with Crippen LogP contribution in [-0.4, -0.2) is 49.8 Å². The highest BCUT2D eigenvalue weighted by Gasteiger charge is 2.40. The normalized spacial score (nSPS) is 14.8. The maximum absolute atomic E-state index is 13.4. The number of aryl methyl sites for hydroxylation is 1. The highest BCUT2D eigenvalue weighted by molar-refractivity contribution is 9.10. The zero-order chi connectivity index (χ0) is 23.4. The highest BCUT2D eigenvalue weighted by Crippen LogP contribution is 2.36. The van der Waals surface area contributed by atoms with E-state index in [9.17, 15) is 9.59 Å². The molecule has 0 spiro atoms. The lowest BCUT2D eigenvalue weighted by molar-refractivity contribution is -0.140. The van der Waals surface area contributed by atoms with Crippen LogP contribution in [0.15, 0.2) is 46.6 Å². The van der Waals surface area contributed by atoms with Crippen molar-refractivity contribution in [3.05, 3.63) is 57.7 Å². The molecule has 3 rings (SSSR count). The quantitative estimate of drug-likeness (QED) is 0.309. The molecule has 0 saturated carbocycles. The molecule has 1 aliphatic heterocycles. The van der Waals surface area contributed by atoms with Gasteiger partial charge in [-0.2, -0.15) is 0 Å². The molecule has 0 radical (unpaired) electrons. The molecular formula is C23H23BrN2O5S. The first-order chi connectivity index (χ1) is 15.3. The third-order valence-corrected chi connectivity index (χ3v) is 6.14. The Balaban J connectivity index is 2.09. The number of halogens is 1. The smallest absolute Gasteiger partial charge is 0.325 e. The van der Waals surface area contributed by atoms with Crippen molar-refractivity contribution in [3.63, 3.8) is 0 Å². The SMILES string of the molecule is CCc1ccc(N2C(=O)/C(=C/c3cc(OC)c(OC)cc3Br)N(CC(=O)OC)C2=S)cc1. The number of methoxy groups -OCH3 is 3. The van der Waals surface area contributed by atoms with Gasteiger partial charge < -0.3 is 19.1 Å². The van der Waals surface area contributed by atoms with Crippen LogP contribution in [0.3, 0.4) is 0 Å². The van der Waals surface area contributed by atoms with Crippen molar-refractivity contribution in [1.29, 1.82) is 0 Å². The van der Waals surface area contributed by atoms with Gasteiger partial charge in [-0.1, -0.05) is 35.0 Å². The summed E-state index contributed by atoms with van der Waals surface area (Å²) >= 11 is 9.09. The Hall–Kier alpha value is -2.91. The molecule has 2 aromatic rings. The predicted molar refractivity (Wildman–Crippen MR) is 130 cm³/mol. The summed E-state index contributed by atoms with van der Waals surface area (Å²) in [6.45, 7) is 1.86. The van der Waals surface area contributed by atoms with E-state index in [1.165, 1.54) is 24.0 Å². The molecule has 0 unspecified atom stereocenters. The van der Waals surface area contributed by atoms with E-state index in [0.29, 0.717) is 27.2 Å². The first kappa shape index (κ1) is 23.7. The molecule has 0 bridgehead atoms. The van der Waals surface area contributed by atoms with E-state index in [1.807, 2.05) is 24.3 Å². The number of thiocarbonyl (C=S) groups is 1. The lowest BCUT2D eigenvalue weighted by Gasteiger charge is -2.19. The van der Waals surface area contributed by atoms with Crippen molar-refractivity contribution >= 4 is 56.9 Å². The molecule has 0 aromatic heterocycles. The monoisotopic (exact) mass is 518 g/mol. The summed E-state index contributed by atoms with van der Waals surface area (Å²) in [5, 5.41) is 0.201. The zero-order valence-corrected chi connectivity index (χ0v) is 20.6. The number of esters is 1. The van der Waals surface area contributed by atoms with Crippen molar-refractivity contribution in [2.24, 2.45) is 0 Å². The third-order valence-electron chi connectivity index (χ3n) is 5.05. The van der Waals surface area contributed by atoms with Crippen LogP contribution in [-0.2, 0) is 20.7 Å². The van der Waals surface area contributed by atoms with Gasteiger partial charge >= 0.3 is 5.97 Å². The second-order valence-corrected chi connectivity index (χ2v) is 8.08. The summed E-state index contributed by atoms with van der Waals surface area (Å²) in [4.78, 5) is 28.4. The van der Waals surface area contributed by atoms with Crippen molar-refractivity contribution < 1.29 is 23.8 Å². The molecule has 32 heavy (non-hydrogen) atoms. The molecule has 1 fully saturated rings. The van der Waals surface area contributed by atoms with Gasteiger partial charge in [0, 0.05) is 4.47 Å². The Morgan fingerprint density at radius 3 is 2.28 bits per heavy atom. The summed E-state index contributed by atoms with van der Waals surface area (Å²) in [6.07, 6.45) is 2.54. The second-order valence-electron chi connectivity index (χ2n) is 6.86. The number of rotatable bonds is 7. The molecule has 0 atom stereocenters. The molecular weight excluding hydrogens is 496 g/mol. The van der Waals surface area contributed by atoms with Gasteiger partial charge in [0.2, 0.25) is 0 Å². The minimum absolute atomic E-state index is 0.193. The van der Waals surface area contributed by atoms with E-state index >= 15 is 0 Å². The average Bonchev–Trinajstić information content (AvgIpc) is 3.03. The highest BCUT2D eigenvalue weighted by atomic mass is 79.9. The molecule has 1 heterocycles. The zero-order valence-electron chi connectivity index (χ0n) is 18.2. The van der Waals surface area contributed by atoms with Crippen LogP contribution in [0.4, 0.5) is 5.69 Å². The predicted octanol–water partition coefficient (Wildman–Crippen LogP) is 4.18. The van der Waals surface area contributed by atoms with E-state index in [2.05, 4.69) is 22.9 Å².